The highest BCUT2D eigenvalue weighted by Gasteiger charge is 2.31. The highest BCUT2D eigenvalue weighted by molar-refractivity contribution is 7.13. The van der Waals surface area contributed by atoms with Crippen LogP contribution in [0.1, 0.15) is 41.3 Å². The number of nitrogens with one attached hydrogen (secondary N) is 1. The molecule has 3 aromatic rings. The fraction of sp³-hybridized carbons (Fsp3) is 0.286. The molecule has 1 atom stereocenters. The quantitative estimate of drug-likeness (QED) is 0.604. The third kappa shape index (κ3) is 4.17. The van der Waals surface area contributed by atoms with E-state index in [0.29, 0.717) is 28.5 Å². The van der Waals surface area contributed by atoms with Crippen molar-refractivity contribution < 1.29 is 18.0 Å². The Morgan fingerprint density at radius 2 is 2.03 bits per heavy atom. The Kier molecular flexibility index (Phi) is 5.12. The minimum atomic E-state index is -4.42. The van der Waals surface area contributed by atoms with Gasteiger partial charge in [-0.25, -0.2) is 4.98 Å². The van der Waals surface area contributed by atoms with Crippen LogP contribution in [0.2, 0.25) is 0 Å². The van der Waals surface area contributed by atoms with Crippen molar-refractivity contribution >= 4 is 22.4 Å². The van der Waals surface area contributed by atoms with Gasteiger partial charge in [-0.05, 0) is 49.9 Å². The molecule has 0 saturated carbocycles. The van der Waals surface area contributed by atoms with E-state index in [4.69, 9.17) is 0 Å². The molecule has 29 heavy (non-hydrogen) atoms. The van der Waals surface area contributed by atoms with Crippen LogP contribution < -0.4 is 5.32 Å². The van der Waals surface area contributed by atoms with Crippen LogP contribution >= 0.6 is 11.3 Å². The second-order valence-corrected chi connectivity index (χ2v) is 7.91. The van der Waals surface area contributed by atoms with Crippen LogP contribution in [0, 0.1) is 6.92 Å². The summed E-state index contributed by atoms with van der Waals surface area (Å²) in [4.78, 5) is 21.7. The lowest BCUT2D eigenvalue weighted by atomic mass is 9.85. The molecule has 4 nitrogen and oxygen atoms in total. The van der Waals surface area contributed by atoms with Gasteiger partial charge < -0.3 is 5.32 Å². The molecule has 0 bridgehead atoms. The maximum absolute atomic E-state index is 13.1. The fourth-order valence-electron chi connectivity index (χ4n) is 3.52. The van der Waals surface area contributed by atoms with Crippen LogP contribution in [0.3, 0.4) is 0 Å². The summed E-state index contributed by atoms with van der Waals surface area (Å²) in [5.41, 5.74) is 2.52. The molecule has 1 N–H and O–H groups in total. The number of aryl methyl sites for hydroxylation is 2. The zero-order valence-electron chi connectivity index (χ0n) is 15.6. The van der Waals surface area contributed by atoms with Crippen LogP contribution in [-0.4, -0.2) is 15.9 Å². The molecule has 0 saturated heterocycles. The number of rotatable bonds is 3. The Morgan fingerprint density at radius 1 is 1.21 bits per heavy atom. The Hall–Kier alpha value is -2.74. The standard InChI is InChI=1S/C21H18F3N3OS/c1-12-11-29-20(25-12)27-19(28)16-7-3-4-13-8-9-17(26-18(13)16)14-5-2-6-15(10-14)21(22,23)24/h2,5-6,8-11,16H,3-4,7H2,1H3,(H,25,27,28). The number of carbonyl (C=O) groups excluding carboxylic acids is 1. The summed E-state index contributed by atoms with van der Waals surface area (Å²) in [7, 11) is 0. The molecule has 1 aliphatic carbocycles. The lowest BCUT2D eigenvalue weighted by molar-refractivity contribution is -0.137. The number of anilines is 1. The highest BCUT2D eigenvalue weighted by Crippen LogP contribution is 2.35. The lowest BCUT2D eigenvalue weighted by Gasteiger charge is -2.24. The number of nitrogens with zero attached hydrogens (tertiary/aromatic N) is 2. The number of fused-ring (bicyclic) bond motifs is 1. The number of hydrogen-bond acceptors (Lipinski definition) is 4. The van der Waals surface area contributed by atoms with Crippen LogP contribution in [0.25, 0.3) is 11.3 Å². The zero-order valence-corrected chi connectivity index (χ0v) is 16.4. The van der Waals surface area contributed by atoms with Crippen molar-refractivity contribution in [1.82, 2.24) is 9.97 Å². The van der Waals surface area contributed by atoms with E-state index in [2.05, 4.69) is 15.3 Å². The molecule has 0 spiro atoms. The SMILES string of the molecule is Cc1csc(NC(=O)C2CCCc3ccc(-c4cccc(C(F)(F)F)c4)nc32)n1. The fourth-order valence-corrected chi connectivity index (χ4v) is 4.22. The largest absolute Gasteiger partial charge is 0.416 e. The molecule has 0 fully saturated rings. The number of benzene rings is 1. The first-order valence-corrected chi connectivity index (χ1v) is 10.1. The van der Waals surface area contributed by atoms with Gasteiger partial charge in [-0.1, -0.05) is 18.2 Å². The van der Waals surface area contributed by atoms with Crippen molar-refractivity contribution in [3.05, 3.63) is 64.3 Å². The van der Waals surface area contributed by atoms with E-state index in [1.807, 2.05) is 18.4 Å². The van der Waals surface area contributed by atoms with E-state index in [0.717, 1.165) is 36.2 Å². The van der Waals surface area contributed by atoms with Gasteiger partial charge in [0.2, 0.25) is 5.91 Å². The number of amides is 1. The van der Waals surface area contributed by atoms with Gasteiger partial charge in [0.25, 0.3) is 0 Å². The van der Waals surface area contributed by atoms with Gasteiger partial charge >= 0.3 is 6.18 Å². The van der Waals surface area contributed by atoms with Gasteiger partial charge in [0.1, 0.15) is 0 Å². The van der Waals surface area contributed by atoms with Crippen LogP contribution in [0.4, 0.5) is 18.3 Å². The first-order valence-electron chi connectivity index (χ1n) is 9.22. The van der Waals surface area contributed by atoms with E-state index < -0.39 is 17.7 Å². The Labute approximate surface area is 169 Å². The molecule has 1 aliphatic rings. The summed E-state index contributed by atoms with van der Waals surface area (Å²) in [6.07, 6.45) is -2.13. The van der Waals surface area contributed by atoms with Gasteiger partial charge in [-0.3, -0.25) is 9.78 Å². The van der Waals surface area contributed by atoms with E-state index in [1.165, 1.54) is 17.4 Å². The number of hydrogen-bond donors (Lipinski definition) is 1. The van der Waals surface area contributed by atoms with Gasteiger partial charge in [-0.15, -0.1) is 11.3 Å². The average molecular weight is 417 g/mol. The molecule has 2 aromatic heterocycles. The van der Waals surface area contributed by atoms with Crippen LogP contribution in [-0.2, 0) is 17.4 Å². The second-order valence-electron chi connectivity index (χ2n) is 7.05. The number of alkyl halides is 3. The van der Waals surface area contributed by atoms with Gasteiger partial charge in [0.15, 0.2) is 5.13 Å². The van der Waals surface area contributed by atoms with Crippen molar-refractivity contribution in [3.63, 3.8) is 0 Å². The van der Waals surface area contributed by atoms with E-state index in [-0.39, 0.29) is 5.91 Å². The summed E-state index contributed by atoms with van der Waals surface area (Å²) in [6, 6.07) is 8.68. The van der Waals surface area contributed by atoms with E-state index >= 15 is 0 Å². The molecule has 8 heteroatoms. The minimum Gasteiger partial charge on any atom is -0.301 e. The Bertz CT molecular complexity index is 1060. The number of pyridine rings is 1. The smallest absolute Gasteiger partial charge is 0.301 e. The third-order valence-corrected chi connectivity index (χ3v) is 5.81. The maximum atomic E-state index is 13.1. The van der Waals surface area contributed by atoms with Crippen LogP contribution in [0.5, 0.6) is 0 Å². The molecular weight excluding hydrogens is 399 g/mol. The topological polar surface area (TPSA) is 54.9 Å². The van der Waals surface area contributed by atoms with Crippen molar-refractivity contribution in [1.29, 1.82) is 0 Å². The van der Waals surface area contributed by atoms with Gasteiger partial charge in [0, 0.05) is 10.9 Å². The number of thiazole rings is 1. The molecule has 0 aliphatic heterocycles. The lowest BCUT2D eigenvalue weighted by Crippen LogP contribution is -2.26. The van der Waals surface area contributed by atoms with Crippen molar-refractivity contribution in [2.24, 2.45) is 0 Å². The van der Waals surface area contributed by atoms with Crippen LogP contribution in [0.15, 0.2) is 41.8 Å². The molecule has 2 heterocycles. The normalized spacial score (nSPS) is 16.3. The number of aromatic nitrogens is 2. The molecule has 0 radical (unpaired) electrons. The minimum absolute atomic E-state index is 0.186. The summed E-state index contributed by atoms with van der Waals surface area (Å²) in [5.74, 6) is -0.636. The van der Waals surface area contributed by atoms with Gasteiger partial charge in [0.05, 0.1) is 28.6 Å². The second kappa shape index (κ2) is 7.59. The number of carbonyl (C=O) groups is 1. The predicted octanol–water partition coefficient (Wildman–Crippen LogP) is 5.59. The third-order valence-electron chi connectivity index (χ3n) is 4.93. The molecule has 1 amide bonds. The highest BCUT2D eigenvalue weighted by atomic mass is 32.1. The molecule has 1 unspecified atom stereocenters. The zero-order chi connectivity index (χ0) is 20.6. The Balaban J connectivity index is 1.66. The molecule has 150 valence electrons. The first-order chi connectivity index (χ1) is 13.8. The van der Waals surface area contributed by atoms with E-state index in [9.17, 15) is 18.0 Å². The van der Waals surface area contributed by atoms with E-state index in [1.54, 1.807) is 12.1 Å². The van der Waals surface area contributed by atoms with Crippen molar-refractivity contribution in [2.45, 2.75) is 38.3 Å². The number of halogens is 3. The summed E-state index contributed by atoms with van der Waals surface area (Å²) in [5, 5.41) is 5.23. The van der Waals surface area contributed by atoms with Crippen molar-refractivity contribution in [2.75, 3.05) is 5.32 Å². The van der Waals surface area contributed by atoms with Crippen molar-refractivity contribution in [3.8, 4) is 11.3 Å². The summed E-state index contributed by atoms with van der Waals surface area (Å²) >= 11 is 1.36. The summed E-state index contributed by atoms with van der Waals surface area (Å²) in [6.45, 7) is 1.85. The summed E-state index contributed by atoms with van der Waals surface area (Å²) < 4.78 is 39.2. The average Bonchev–Trinajstić information content (AvgIpc) is 3.11. The molecule has 1 aromatic carbocycles. The first kappa shape index (κ1) is 19.6. The Morgan fingerprint density at radius 3 is 2.76 bits per heavy atom. The van der Waals surface area contributed by atoms with Gasteiger partial charge in [-0.2, -0.15) is 13.2 Å². The molecular formula is C21H18F3N3OS. The predicted molar refractivity (Wildman–Crippen MR) is 106 cm³/mol. The molecule has 4 rings (SSSR count). The maximum Gasteiger partial charge on any atom is 0.416 e. The monoisotopic (exact) mass is 417 g/mol.